The van der Waals surface area contributed by atoms with Crippen molar-refractivity contribution >= 4 is 45.0 Å². The van der Waals surface area contributed by atoms with E-state index >= 15 is 0 Å². The van der Waals surface area contributed by atoms with E-state index in [1.165, 1.54) is 0 Å². The van der Waals surface area contributed by atoms with Crippen LogP contribution in [0.4, 0.5) is 0 Å². The topological polar surface area (TPSA) is 73.9 Å². The third kappa shape index (κ3) is 4.44. The van der Waals surface area contributed by atoms with Gasteiger partial charge in [-0.15, -0.1) is 0 Å². The number of hydrogen-bond donors (Lipinski definition) is 0. The summed E-state index contributed by atoms with van der Waals surface area (Å²) in [7, 11) is 0. The predicted octanol–water partition coefficient (Wildman–Crippen LogP) is 6.07. The molecule has 0 atom stereocenters. The molecule has 37 heavy (non-hydrogen) atoms. The van der Waals surface area contributed by atoms with Crippen LogP contribution in [0.25, 0.3) is 33.0 Å². The minimum atomic E-state index is -0.674. The van der Waals surface area contributed by atoms with Crippen molar-refractivity contribution in [2.45, 2.75) is 40.2 Å². The van der Waals surface area contributed by atoms with Gasteiger partial charge in [-0.2, -0.15) is 0 Å². The Kier molecular flexibility index (Phi) is 6.89. The molecule has 1 aliphatic heterocycles. The zero-order valence-corrected chi connectivity index (χ0v) is 21.7. The summed E-state index contributed by atoms with van der Waals surface area (Å²) in [5.74, 6) is -0.640. The van der Waals surface area contributed by atoms with Crippen molar-refractivity contribution in [2.75, 3.05) is 26.2 Å². The Morgan fingerprint density at radius 1 is 0.919 bits per heavy atom. The summed E-state index contributed by atoms with van der Waals surface area (Å²) < 4.78 is 19.2. The Morgan fingerprint density at radius 2 is 1.65 bits per heavy atom. The Morgan fingerprint density at radius 3 is 2.38 bits per heavy atom. The molecule has 0 unspecified atom stereocenters. The van der Waals surface area contributed by atoms with Crippen molar-refractivity contribution < 1.29 is 23.5 Å². The van der Waals surface area contributed by atoms with E-state index in [-0.39, 0.29) is 17.2 Å². The van der Waals surface area contributed by atoms with Crippen LogP contribution in [0.1, 0.15) is 51.3 Å². The van der Waals surface area contributed by atoms with Crippen molar-refractivity contribution in [3.63, 3.8) is 0 Å². The number of furan rings is 1. The molecule has 192 valence electrons. The molecule has 2 aromatic carbocycles. The largest absolute Gasteiger partial charge is 0.493 e. The molecule has 0 aliphatic carbocycles. The number of nitrogens with zero attached hydrogens (tertiary/aromatic N) is 2. The molecular formula is C30H32N2O5. The van der Waals surface area contributed by atoms with Gasteiger partial charge in [0.1, 0.15) is 11.3 Å². The van der Waals surface area contributed by atoms with Gasteiger partial charge in [-0.05, 0) is 57.6 Å². The van der Waals surface area contributed by atoms with E-state index in [0.29, 0.717) is 29.1 Å². The molecule has 0 bridgehead atoms. The maximum atomic E-state index is 13.0. The lowest BCUT2D eigenvalue weighted by atomic mass is 9.95. The molecule has 0 saturated heterocycles. The van der Waals surface area contributed by atoms with Gasteiger partial charge in [0, 0.05) is 40.8 Å². The lowest BCUT2D eigenvalue weighted by Crippen LogP contribution is -2.25. The zero-order chi connectivity index (χ0) is 26.1. The number of benzene rings is 2. The number of aromatic nitrogens is 1. The number of esters is 2. The SMILES string of the molecule is CCN(CC)CCCOc1ccc(C2=C(c3cn(C(C)C)c4ccccc34)C(=O)OC2=O)c2occc12. The fourth-order valence-corrected chi connectivity index (χ4v) is 5.08. The molecule has 0 radical (unpaired) electrons. The summed E-state index contributed by atoms with van der Waals surface area (Å²) in [5.41, 5.74) is 3.14. The molecule has 7 heteroatoms. The molecule has 4 aromatic rings. The highest BCUT2D eigenvalue weighted by Gasteiger charge is 2.38. The Hall–Kier alpha value is -3.84. The Bertz CT molecular complexity index is 1500. The van der Waals surface area contributed by atoms with Crippen LogP contribution in [-0.4, -0.2) is 47.6 Å². The van der Waals surface area contributed by atoms with Crippen molar-refractivity contribution in [3.05, 3.63) is 66.1 Å². The maximum absolute atomic E-state index is 13.0. The smallest absolute Gasteiger partial charge is 0.347 e. The number of para-hydroxylation sites is 1. The second-order valence-electron chi connectivity index (χ2n) is 9.49. The molecular weight excluding hydrogens is 468 g/mol. The van der Waals surface area contributed by atoms with E-state index in [0.717, 1.165) is 42.3 Å². The van der Waals surface area contributed by atoms with Gasteiger partial charge in [0.2, 0.25) is 0 Å². The second-order valence-corrected chi connectivity index (χ2v) is 9.49. The van der Waals surface area contributed by atoms with Gasteiger partial charge in [0.25, 0.3) is 0 Å². The number of carbonyl (C=O) groups excluding carboxylic acids is 2. The predicted molar refractivity (Wildman–Crippen MR) is 144 cm³/mol. The van der Waals surface area contributed by atoms with Crippen molar-refractivity contribution in [2.24, 2.45) is 0 Å². The molecule has 5 rings (SSSR count). The van der Waals surface area contributed by atoms with Gasteiger partial charge in [0.05, 0.1) is 29.4 Å². The van der Waals surface area contributed by atoms with Gasteiger partial charge in [0.15, 0.2) is 0 Å². The summed E-state index contributed by atoms with van der Waals surface area (Å²) in [6.07, 6.45) is 4.40. The first-order valence-corrected chi connectivity index (χ1v) is 12.9. The van der Waals surface area contributed by atoms with Crippen LogP contribution in [0.15, 0.2) is 59.3 Å². The lowest BCUT2D eigenvalue weighted by molar-refractivity contribution is -0.149. The van der Waals surface area contributed by atoms with Crippen LogP contribution in [0.3, 0.4) is 0 Å². The fourth-order valence-electron chi connectivity index (χ4n) is 5.08. The van der Waals surface area contributed by atoms with Crippen molar-refractivity contribution in [1.29, 1.82) is 0 Å². The fraction of sp³-hybridized carbons (Fsp3) is 0.333. The van der Waals surface area contributed by atoms with Crippen LogP contribution in [0.2, 0.25) is 0 Å². The number of cyclic esters (lactones) is 2. The summed E-state index contributed by atoms with van der Waals surface area (Å²) in [6.45, 7) is 12.0. The van der Waals surface area contributed by atoms with E-state index in [9.17, 15) is 9.59 Å². The first kappa shape index (κ1) is 24.8. The molecule has 0 amide bonds. The molecule has 2 aromatic heterocycles. The first-order chi connectivity index (χ1) is 17.9. The molecule has 0 fully saturated rings. The van der Waals surface area contributed by atoms with Crippen molar-refractivity contribution in [3.8, 4) is 5.75 Å². The van der Waals surface area contributed by atoms with E-state index in [1.807, 2.05) is 42.6 Å². The Balaban J connectivity index is 1.57. The van der Waals surface area contributed by atoms with E-state index in [4.69, 9.17) is 13.9 Å². The minimum absolute atomic E-state index is 0.172. The normalized spacial score (nSPS) is 14.1. The van der Waals surface area contributed by atoms with Crippen LogP contribution < -0.4 is 4.74 Å². The van der Waals surface area contributed by atoms with Gasteiger partial charge in [-0.3, -0.25) is 0 Å². The summed E-state index contributed by atoms with van der Waals surface area (Å²) in [5, 5.41) is 1.64. The molecule has 3 heterocycles. The second kappa shape index (κ2) is 10.3. The zero-order valence-electron chi connectivity index (χ0n) is 21.7. The number of rotatable bonds is 10. The lowest BCUT2D eigenvalue weighted by Gasteiger charge is -2.17. The highest BCUT2D eigenvalue weighted by molar-refractivity contribution is 6.46. The third-order valence-electron chi connectivity index (χ3n) is 7.03. The van der Waals surface area contributed by atoms with Gasteiger partial charge >= 0.3 is 11.9 Å². The summed E-state index contributed by atoms with van der Waals surface area (Å²) >= 11 is 0. The average molecular weight is 501 g/mol. The van der Waals surface area contributed by atoms with Gasteiger partial charge < -0.3 is 23.4 Å². The van der Waals surface area contributed by atoms with Crippen molar-refractivity contribution in [1.82, 2.24) is 9.47 Å². The molecule has 1 aliphatic rings. The van der Waals surface area contributed by atoms with Crippen LogP contribution >= 0.6 is 0 Å². The van der Waals surface area contributed by atoms with Crippen LogP contribution in [0, 0.1) is 0 Å². The number of carbonyl (C=O) groups is 2. The van der Waals surface area contributed by atoms with Crippen LogP contribution in [-0.2, 0) is 14.3 Å². The van der Waals surface area contributed by atoms with E-state index in [2.05, 4.69) is 37.2 Å². The summed E-state index contributed by atoms with van der Waals surface area (Å²) in [4.78, 5) is 28.4. The van der Waals surface area contributed by atoms with E-state index < -0.39 is 11.9 Å². The molecule has 0 saturated carbocycles. The van der Waals surface area contributed by atoms with E-state index in [1.54, 1.807) is 12.3 Å². The Labute approximate surface area is 216 Å². The first-order valence-electron chi connectivity index (χ1n) is 12.9. The molecule has 0 N–H and O–H groups in total. The van der Waals surface area contributed by atoms with Gasteiger partial charge in [-0.25, -0.2) is 9.59 Å². The van der Waals surface area contributed by atoms with Crippen LogP contribution in [0.5, 0.6) is 5.75 Å². The number of ether oxygens (including phenoxy) is 2. The third-order valence-corrected chi connectivity index (χ3v) is 7.03. The quantitative estimate of drug-likeness (QED) is 0.149. The highest BCUT2D eigenvalue weighted by atomic mass is 16.6. The highest BCUT2D eigenvalue weighted by Crippen LogP contribution is 2.42. The van der Waals surface area contributed by atoms with Gasteiger partial charge in [-0.1, -0.05) is 32.0 Å². The standard InChI is InChI=1S/C30H32N2O5/c1-5-31(6-2)15-9-16-35-25-13-12-22(28-21(25)14-17-36-28)26-27(30(34)37-29(26)33)23-18-32(19(3)4)24-11-8-7-10-20(23)24/h7-8,10-14,17-19H,5-6,9,15-16H2,1-4H3. The molecule has 7 nitrogen and oxygen atoms in total. The molecule has 0 spiro atoms. The maximum Gasteiger partial charge on any atom is 0.347 e. The number of fused-ring (bicyclic) bond motifs is 2. The average Bonchev–Trinajstić information content (AvgIpc) is 3.60. The minimum Gasteiger partial charge on any atom is -0.493 e. The monoisotopic (exact) mass is 500 g/mol. The number of hydrogen-bond acceptors (Lipinski definition) is 6. The summed E-state index contributed by atoms with van der Waals surface area (Å²) in [6, 6.07) is 13.5.